The first-order valence-electron chi connectivity index (χ1n) is 9.37. The standard InChI is InChI=1S/C21H25N3O3/c1-27-21(26)15-7-6-10-18(11-15)23-19-12-16(13-22-14-19)20(25)24-17-8-4-2-3-5-9-17/h6-7,10-14,17,23H,2-5,8-9H2,1H3,(H,24,25). The third-order valence-corrected chi connectivity index (χ3v) is 4.76. The van der Waals surface area contributed by atoms with Crippen molar-refractivity contribution in [2.45, 2.75) is 44.6 Å². The van der Waals surface area contributed by atoms with Crippen molar-refractivity contribution in [3.05, 3.63) is 53.9 Å². The molecule has 27 heavy (non-hydrogen) atoms. The second-order valence-electron chi connectivity index (χ2n) is 6.82. The lowest BCUT2D eigenvalue weighted by Crippen LogP contribution is -2.34. The van der Waals surface area contributed by atoms with E-state index in [1.165, 1.54) is 32.8 Å². The Balaban J connectivity index is 1.68. The van der Waals surface area contributed by atoms with Gasteiger partial charge in [0.25, 0.3) is 5.91 Å². The molecule has 0 spiro atoms. The zero-order chi connectivity index (χ0) is 19.1. The molecule has 3 rings (SSSR count). The number of rotatable bonds is 5. The number of carbonyl (C=O) groups is 2. The Hall–Kier alpha value is -2.89. The minimum atomic E-state index is -0.395. The van der Waals surface area contributed by atoms with Crippen molar-refractivity contribution in [1.82, 2.24) is 10.3 Å². The van der Waals surface area contributed by atoms with Crippen LogP contribution < -0.4 is 10.6 Å². The molecule has 0 unspecified atom stereocenters. The summed E-state index contributed by atoms with van der Waals surface area (Å²) in [6.45, 7) is 0. The summed E-state index contributed by atoms with van der Waals surface area (Å²) in [5.41, 5.74) is 2.39. The fourth-order valence-electron chi connectivity index (χ4n) is 3.33. The predicted molar refractivity (Wildman–Crippen MR) is 104 cm³/mol. The van der Waals surface area contributed by atoms with Gasteiger partial charge in [0.1, 0.15) is 0 Å². The lowest BCUT2D eigenvalue weighted by atomic mass is 10.1. The number of methoxy groups -OCH3 is 1. The monoisotopic (exact) mass is 367 g/mol. The molecule has 2 N–H and O–H groups in total. The number of nitrogens with one attached hydrogen (secondary N) is 2. The van der Waals surface area contributed by atoms with Crippen LogP contribution in [0.2, 0.25) is 0 Å². The third-order valence-electron chi connectivity index (χ3n) is 4.76. The smallest absolute Gasteiger partial charge is 0.337 e. The molecule has 6 nitrogen and oxygen atoms in total. The number of carbonyl (C=O) groups excluding carboxylic acids is 2. The highest BCUT2D eigenvalue weighted by molar-refractivity contribution is 5.95. The molecule has 1 amide bonds. The van der Waals surface area contributed by atoms with Gasteiger partial charge in [0, 0.05) is 17.9 Å². The molecule has 1 aromatic carbocycles. The number of hydrogen-bond acceptors (Lipinski definition) is 5. The number of aromatic nitrogens is 1. The second-order valence-corrected chi connectivity index (χ2v) is 6.82. The molecule has 1 aliphatic rings. The lowest BCUT2D eigenvalue weighted by Gasteiger charge is -2.16. The van der Waals surface area contributed by atoms with Crippen LogP contribution in [-0.4, -0.2) is 30.0 Å². The van der Waals surface area contributed by atoms with E-state index in [0.29, 0.717) is 16.8 Å². The van der Waals surface area contributed by atoms with Gasteiger partial charge < -0.3 is 15.4 Å². The molecule has 142 valence electrons. The van der Waals surface area contributed by atoms with Crippen molar-refractivity contribution in [2.24, 2.45) is 0 Å². The molecule has 0 bridgehead atoms. The van der Waals surface area contributed by atoms with E-state index in [1.807, 2.05) is 6.07 Å². The Morgan fingerprint density at radius 1 is 1.00 bits per heavy atom. The first-order chi connectivity index (χ1) is 13.2. The molecular formula is C21H25N3O3. The fourth-order valence-corrected chi connectivity index (χ4v) is 3.33. The molecule has 1 aliphatic carbocycles. The van der Waals surface area contributed by atoms with Crippen LogP contribution >= 0.6 is 0 Å². The topological polar surface area (TPSA) is 80.3 Å². The highest BCUT2D eigenvalue weighted by Crippen LogP contribution is 2.20. The van der Waals surface area contributed by atoms with Crippen molar-refractivity contribution in [1.29, 1.82) is 0 Å². The molecule has 1 saturated carbocycles. The normalized spacial score (nSPS) is 14.9. The summed E-state index contributed by atoms with van der Waals surface area (Å²) < 4.78 is 4.74. The Morgan fingerprint density at radius 2 is 1.74 bits per heavy atom. The van der Waals surface area contributed by atoms with E-state index in [1.54, 1.807) is 36.7 Å². The van der Waals surface area contributed by atoms with E-state index in [4.69, 9.17) is 4.74 Å². The van der Waals surface area contributed by atoms with Gasteiger partial charge in [-0.05, 0) is 37.1 Å². The van der Waals surface area contributed by atoms with E-state index < -0.39 is 5.97 Å². The van der Waals surface area contributed by atoms with Crippen LogP contribution in [0.1, 0.15) is 59.2 Å². The van der Waals surface area contributed by atoms with Gasteiger partial charge in [-0.1, -0.05) is 31.7 Å². The van der Waals surface area contributed by atoms with Gasteiger partial charge in [-0.3, -0.25) is 9.78 Å². The van der Waals surface area contributed by atoms with Crippen molar-refractivity contribution in [3.63, 3.8) is 0 Å². The molecule has 1 fully saturated rings. The molecule has 1 aromatic heterocycles. The number of nitrogens with zero attached hydrogens (tertiary/aromatic N) is 1. The highest BCUT2D eigenvalue weighted by atomic mass is 16.5. The van der Waals surface area contributed by atoms with Gasteiger partial charge in [-0.2, -0.15) is 0 Å². The predicted octanol–water partition coefficient (Wildman–Crippen LogP) is 4.06. The van der Waals surface area contributed by atoms with Crippen LogP contribution in [0.5, 0.6) is 0 Å². The number of pyridine rings is 1. The maximum atomic E-state index is 12.6. The highest BCUT2D eigenvalue weighted by Gasteiger charge is 2.16. The van der Waals surface area contributed by atoms with Crippen molar-refractivity contribution in [2.75, 3.05) is 12.4 Å². The van der Waals surface area contributed by atoms with Crippen LogP contribution in [0.25, 0.3) is 0 Å². The maximum Gasteiger partial charge on any atom is 0.337 e. The Labute approximate surface area is 159 Å². The molecule has 6 heteroatoms. The van der Waals surface area contributed by atoms with Crippen LogP contribution in [0, 0.1) is 0 Å². The molecule has 0 saturated heterocycles. The van der Waals surface area contributed by atoms with Crippen molar-refractivity contribution >= 4 is 23.3 Å². The molecule has 0 atom stereocenters. The fraction of sp³-hybridized carbons (Fsp3) is 0.381. The van der Waals surface area contributed by atoms with E-state index in [0.717, 1.165) is 18.5 Å². The average molecular weight is 367 g/mol. The van der Waals surface area contributed by atoms with Gasteiger partial charge in [-0.15, -0.1) is 0 Å². The van der Waals surface area contributed by atoms with E-state index >= 15 is 0 Å². The third kappa shape index (κ3) is 5.29. The van der Waals surface area contributed by atoms with Gasteiger partial charge >= 0.3 is 5.97 Å². The minimum absolute atomic E-state index is 0.0960. The molecule has 0 radical (unpaired) electrons. The molecular weight excluding hydrogens is 342 g/mol. The number of amides is 1. The molecule has 0 aliphatic heterocycles. The van der Waals surface area contributed by atoms with Crippen LogP contribution in [0.4, 0.5) is 11.4 Å². The van der Waals surface area contributed by atoms with Crippen molar-refractivity contribution in [3.8, 4) is 0 Å². The van der Waals surface area contributed by atoms with Gasteiger partial charge in [-0.25, -0.2) is 4.79 Å². The SMILES string of the molecule is COC(=O)c1cccc(Nc2cncc(C(=O)NC3CCCCCC3)c2)c1. The molecule has 2 aromatic rings. The summed E-state index contributed by atoms with van der Waals surface area (Å²) in [5.74, 6) is -0.491. The van der Waals surface area contributed by atoms with E-state index in [2.05, 4.69) is 15.6 Å². The van der Waals surface area contributed by atoms with Gasteiger partial charge in [0.2, 0.25) is 0 Å². The second kappa shape index (κ2) is 9.16. The first kappa shape index (κ1) is 18.9. The summed E-state index contributed by atoms with van der Waals surface area (Å²) in [5, 5.41) is 6.31. The zero-order valence-electron chi connectivity index (χ0n) is 15.5. The molecule has 1 heterocycles. The summed E-state index contributed by atoms with van der Waals surface area (Å²) in [7, 11) is 1.35. The Kier molecular flexibility index (Phi) is 6.41. The number of benzene rings is 1. The largest absolute Gasteiger partial charge is 0.465 e. The van der Waals surface area contributed by atoms with Crippen LogP contribution in [0.3, 0.4) is 0 Å². The Bertz CT molecular complexity index is 799. The average Bonchev–Trinajstić information content (AvgIpc) is 2.96. The first-order valence-corrected chi connectivity index (χ1v) is 9.37. The van der Waals surface area contributed by atoms with Crippen LogP contribution in [-0.2, 0) is 4.74 Å². The summed E-state index contributed by atoms with van der Waals surface area (Å²) >= 11 is 0. The quantitative estimate of drug-likeness (QED) is 0.615. The summed E-state index contributed by atoms with van der Waals surface area (Å²) in [4.78, 5) is 28.4. The zero-order valence-corrected chi connectivity index (χ0v) is 15.5. The van der Waals surface area contributed by atoms with Crippen molar-refractivity contribution < 1.29 is 14.3 Å². The summed E-state index contributed by atoms with van der Waals surface area (Å²) in [6, 6.07) is 9.00. The number of esters is 1. The maximum absolute atomic E-state index is 12.6. The minimum Gasteiger partial charge on any atom is -0.465 e. The van der Waals surface area contributed by atoms with E-state index in [-0.39, 0.29) is 11.9 Å². The lowest BCUT2D eigenvalue weighted by molar-refractivity contribution is 0.0600. The summed E-state index contributed by atoms with van der Waals surface area (Å²) in [6.07, 6.45) is 10.1. The number of ether oxygens (including phenoxy) is 1. The number of anilines is 2. The Morgan fingerprint density at radius 3 is 2.48 bits per heavy atom. The van der Waals surface area contributed by atoms with E-state index in [9.17, 15) is 9.59 Å². The number of hydrogen-bond donors (Lipinski definition) is 2. The van der Waals surface area contributed by atoms with Crippen LogP contribution in [0.15, 0.2) is 42.7 Å². The van der Waals surface area contributed by atoms with Gasteiger partial charge in [0.05, 0.1) is 30.1 Å². The van der Waals surface area contributed by atoms with Gasteiger partial charge in [0.15, 0.2) is 0 Å².